The molecular formula is C52H82O23. The summed E-state index contributed by atoms with van der Waals surface area (Å²) in [6.45, 7) is 13.0. The third-order valence-electron chi connectivity index (χ3n) is 20.4. The minimum absolute atomic E-state index is 0.0413. The van der Waals surface area contributed by atoms with Crippen molar-refractivity contribution in [1.82, 2.24) is 0 Å². The van der Waals surface area contributed by atoms with Gasteiger partial charge in [-0.15, -0.1) is 0 Å². The molecule has 4 unspecified atom stereocenters. The van der Waals surface area contributed by atoms with Gasteiger partial charge in [-0.25, -0.2) is 4.79 Å². The topological polar surface area (TPSA) is 371 Å². The van der Waals surface area contributed by atoms with Crippen molar-refractivity contribution in [3.63, 3.8) is 0 Å². The van der Waals surface area contributed by atoms with E-state index >= 15 is 0 Å². The van der Waals surface area contributed by atoms with Crippen LogP contribution in [0.3, 0.4) is 0 Å². The second-order valence-corrected chi connectivity index (χ2v) is 25.4. The Kier molecular flexibility index (Phi) is 15.8. The van der Waals surface area contributed by atoms with Crippen LogP contribution in [0.5, 0.6) is 0 Å². The smallest absolute Gasteiger partial charge is 0.335 e. The molecule has 0 aromatic heterocycles. The lowest BCUT2D eigenvalue weighted by molar-refractivity contribution is -0.405. The minimum atomic E-state index is -2.24. The van der Waals surface area contributed by atoms with Crippen LogP contribution in [-0.2, 0) is 47.5 Å². The third kappa shape index (κ3) is 9.40. The highest BCUT2D eigenvalue weighted by Crippen LogP contribution is 2.74. The van der Waals surface area contributed by atoms with Gasteiger partial charge in [0.2, 0.25) is 0 Å². The van der Waals surface area contributed by atoms with E-state index in [-0.39, 0.29) is 46.2 Å². The Morgan fingerprint density at radius 3 is 1.89 bits per heavy atom. The number of rotatable bonds is 11. The van der Waals surface area contributed by atoms with Gasteiger partial charge in [0, 0.05) is 17.8 Å². The number of hydrogen-bond acceptors (Lipinski definition) is 22. The molecular weight excluding hydrogens is 993 g/mol. The van der Waals surface area contributed by atoms with E-state index in [1.165, 1.54) is 5.57 Å². The first-order valence-corrected chi connectivity index (χ1v) is 26.7. The Hall–Kier alpha value is -1.92. The van der Waals surface area contributed by atoms with Crippen LogP contribution < -0.4 is 0 Å². The number of allylic oxidation sites excluding steroid dienone is 1. The average Bonchev–Trinajstić information content (AvgIpc) is 3.34. The highest BCUT2D eigenvalue weighted by Gasteiger charge is 2.71. The van der Waals surface area contributed by atoms with Gasteiger partial charge >= 0.3 is 5.97 Å². The van der Waals surface area contributed by atoms with Crippen molar-refractivity contribution < 1.29 is 114 Å². The number of aliphatic carboxylic acids is 1. The molecule has 4 saturated heterocycles. The van der Waals surface area contributed by atoms with E-state index in [1.54, 1.807) is 0 Å². The molecule has 0 bridgehead atoms. The first-order chi connectivity index (χ1) is 35.0. The van der Waals surface area contributed by atoms with Crippen LogP contribution in [-0.4, -0.2) is 226 Å². The number of carboxylic acid groups (broad SMARTS) is 1. The summed E-state index contributed by atoms with van der Waals surface area (Å²) in [6, 6.07) is 0. The van der Waals surface area contributed by atoms with Gasteiger partial charge in [0.05, 0.1) is 25.9 Å². The number of aliphatic hydroxyl groups is 12. The molecule has 0 aromatic carbocycles. The van der Waals surface area contributed by atoms with Gasteiger partial charge in [0.25, 0.3) is 0 Å². The van der Waals surface area contributed by atoms with Gasteiger partial charge in [-0.2, -0.15) is 0 Å². The molecule has 5 aliphatic carbocycles. The van der Waals surface area contributed by atoms with Crippen molar-refractivity contribution in [2.24, 2.45) is 44.8 Å². The average molecular weight is 1080 g/mol. The number of carbonyl (C=O) groups is 2. The van der Waals surface area contributed by atoms with E-state index in [0.717, 1.165) is 19.3 Å². The van der Waals surface area contributed by atoms with Crippen LogP contribution >= 0.6 is 0 Å². The zero-order valence-electron chi connectivity index (χ0n) is 43.7. The SMILES string of the molecule is CC1(C)CC[C@]2(O)C(=O)C[C@]3(C)C(=CCC4[C@@]5(C)CC[C@H](O[C@@H]6O[C@H](C(=O)O)[C@@H](O)[C@H](O[C@@H]7O[C@H](CO)[C@H](O)[C@H](O)[C@H]7O[C@@H]7OC[C@@H](O)[C@H](O)[C@H]7O)[C@H]6OC6O[C@H](CO)[C@H](O)[C@H](O)[C@H]6O)C(C)(C)C5CC[C@]43C)C2C1. The fourth-order valence-electron chi connectivity index (χ4n) is 15.7. The number of aliphatic hydroxyl groups excluding tert-OH is 11. The van der Waals surface area contributed by atoms with Crippen LogP contribution in [0.25, 0.3) is 0 Å². The lowest BCUT2D eigenvalue weighted by Crippen LogP contribution is -2.69. The molecule has 9 rings (SSSR count). The van der Waals surface area contributed by atoms with Crippen LogP contribution in [0, 0.1) is 44.8 Å². The molecule has 4 saturated carbocycles. The van der Waals surface area contributed by atoms with Crippen molar-refractivity contribution in [2.45, 2.75) is 235 Å². The van der Waals surface area contributed by atoms with E-state index in [4.69, 9.17) is 37.9 Å². The van der Waals surface area contributed by atoms with E-state index < -0.39 is 165 Å². The zero-order valence-corrected chi connectivity index (χ0v) is 43.7. The van der Waals surface area contributed by atoms with Crippen molar-refractivity contribution in [2.75, 3.05) is 19.8 Å². The summed E-state index contributed by atoms with van der Waals surface area (Å²) < 4.78 is 48.5. The lowest BCUT2D eigenvalue weighted by atomic mass is 9.34. The van der Waals surface area contributed by atoms with Crippen molar-refractivity contribution in [3.05, 3.63) is 11.6 Å². The predicted molar refractivity (Wildman–Crippen MR) is 253 cm³/mol. The second kappa shape index (κ2) is 20.6. The molecule has 27 atom stereocenters. The van der Waals surface area contributed by atoms with Gasteiger partial charge in [0.1, 0.15) is 91.1 Å². The molecule has 0 radical (unpaired) electrons. The van der Waals surface area contributed by atoms with E-state index in [9.17, 15) is 76.0 Å². The number of carbonyl (C=O) groups excluding carboxylic acids is 1. The molecule has 75 heavy (non-hydrogen) atoms. The summed E-state index contributed by atoms with van der Waals surface area (Å²) in [5.74, 6) is -2.00. The quantitative estimate of drug-likeness (QED) is 0.0794. The lowest BCUT2D eigenvalue weighted by Gasteiger charge is -2.71. The van der Waals surface area contributed by atoms with Gasteiger partial charge in [-0.05, 0) is 84.9 Å². The summed E-state index contributed by atoms with van der Waals surface area (Å²) >= 11 is 0. The molecule has 13 N–H and O–H groups in total. The fraction of sp³-hybridized carbons (Fsp3) is 0.923. The molecule has 0 aromatic rings. The molecule has 0 amide bonds. The minimum Gasteiger partial charge on any atom is -0.479 e. The van der Waals surface area contributed by atoms with Crippen LogP contribution in [0.2, 0.25) is 0 Å². The normalized spacial score (nSPS) is 53.6. The molecule has 23 nitrogen and oxygen atoms in total. The molecule has 0 spiro atoms. The number of hydrogen-bond donors (Lipinski definition) is 13. The molecule has 8 fully saturated rings. The van der Waals surface area contributed by atoms with Gasteiger partial charge in [0.15, 0.2) is 37.0 Å². The first-order valence-electron chi connectivity index (χ1n) is 26.7. The molecule has 9 aliphatic rings. The van der Waals surface area contributed by atoms with Gasteiger partial charge in [-0.1, -0.05) is 60.1 Å². The van der Waals surface area contributed by atoms with E-state index in [2.05, 4.69) is 40.7 Å². The Morgan fingerprint density at radius 1 is 0.640 bits per heavy atom. The van der Waals surface area contributed by atoms with Crippen molar-refractivity contribution in [3.8, 4) is 0 Å². The largest absolute Gasteiger partial charge is 0.479 e. The molecule has 428 valence electrons. The predicted octanol–water partition coefficient (Wildman–Crippen LogP) is -1.90. The molecule has 23 heteroatoms. The number of Topliss-reactive ketones (excluding diaryl/α,β-unsaturated/α-hetero) is 1. The second-order valence-electron chi connectivity index (χ2n) is 25.4. The molecule has 4 aliphatic heterocycles. The number of ether oxygens (including phenoxy) is 8. The monoisotopic (exact) mass is 1070 g/mol. The maximum absolute atomic E-state index is 14.3. The summed E-state index contributed by atoms with van der Waals surface area (Å²) in [4.78, 5) is 27.3. The maximum Gasteiger partial charge on any atom is 0.335 e. The Bertz CT molecular complexity index is 2120. The first kappa shape index (κ1) is 57.8. The van der Waals surface area contributed by atoms with Crippen LogP contribution in [0.15, 0.2) is 11.6 Å². The standard InChI is InChI=1S/C52H82O23/c1-47(2)14-15-52(67)22(16-47)21-8-9-27-49(5)12-11-29(48(3,4)26(49)10-13-50(27,6)51(21,7)17-28(52)56)71-46-41(75-44-36(63)33(60)31(58)24(18-53)69-44)38(37(64)39(73-46)42(65)66)72-45-40(34(61)32(59)25(19-54)70-45)74-43-35(62)30(57)23(55)20-68-43/h8,22-27,29-41,43-46,53-55,57-64,67H,9-20H2,1-7H3,(H,65,66)/t22?,23-,24-,25-,26?,27?,29+,30+,31+,32+,33+,34+,35-,36-,37+,38+,39+,40-,41-,43+,44?,45+,46-,49+,50-,51-,52-/m1/s1. The van der Waals surface area contributed by atoms with Crippen molar-refractivity contribution >= 4 is 11.8 Å². The summed E-state index contributed by atoms with van der Waals surface area (Å²) in [7, 11) is 0. The van der Waals surface area contributed by atoms with E-state index in [0.29, 0.717) is 32.1 Å². The van der Waals surface area contributed by atoms with Crippen molar-refractivity contribution in [1.29, 1.82) is 0 Å². The number of ketones is 1. The van der Waals surface area contributed by atoms with Gasteiger partial charge in [-0.3, -0.25) is 4.79 Å². The van der Waals surface area contributed by atoms with Crippen LogP contribution in [0.1, 0.15) is 106 Å². The third-order valence-corrected chi connectivity index (χ3v) is 20.4. The maximum atomic E-state index is 14.3. The summed E-state index contributed by atoms with van der Waals surface area (Å²) in [5.41, 5.74) is -2.15. The Balaban J connectivity index is 1.04. The Morgan fingerprint density at radius 2 is 1.24 bits per heavy atom. The van der Waals surface area contributed by atoms with E-state index in [1.807, 2.05) is 13.8 Å². The molecule has 4 heterocycles. The zero-order chi connectivity index (χ0) is 54.9. The highest BCUT2D eigenvalue weighted by molar-refractivity contribution is 5.91. The fourth-order valence-corrected chi connectivity index (χ4v) is 15.7. The summed E-state index contributed by atoms with van der Waals surface area (Å²) in [5, 5.41) is 142. The summed E-state index contributed by atoms with van der Waals surface area (Å²) in [6.07, 6.45) is -29.1. The highest BCUT2D eigenvalue weighted by atomic mass is 16.8. The van der Waals surface area contributed by atoms with Gasteiger partial charge < -0.3 is 104 Å². The van der Waals surface area contributed by atoms with Crippen LogP contribution in [0.4, 0.5) is 0 Å². The Labute approximate surface area is 435 Å². The number of fused-ring (bicyclic) bond motifs is 7. The number of carboxylic acids is 1.